The molecule has 0 saturated heterocycles. The molecule has 2 aromatic rings. The zero-order valence-corrected chi connectivity index (χ0v) is 24.3. The molecule has 222 valence electrons. The van der Waals surface area contributed by atoms with Crippen LogP contribution in [0.15, 0.2) is 48.5 Å². The minimum atomic E-state index is -4.64. The molecular weight excluding hydrogens is 547 g/mol. The molecule has 1 atom stereocenters. The van der Waals surface area contributed by atoms with Gasteiger partial charge < -0.3 is 15.0 Å². The van der Waals surface area contributed by atoms with Gasteiger partial charge in [0.05, 0.1) is 24.6 Å². The highest BCUT2D eigenvalue weighted by atomic mass is 32.2. The van der Waals surface area contributed by atoms with Crippen LogP contribution in [0.5, 0.6) is 5.75 Å². The van der Waals surface area contributed by atoms with E-state index in [1.165, 1.54) is 18.1 Å². The van der Waals surface area contributed by atoms with E-state index in [4.69, 9.17) is 4.74 Å². The number of benzene rings is 2. The van der Waals surface area contributed by atoms with Crippen LogP contribution in [0.25, 0.3) is 0 Å². The summed E-state index contributed by atoms with van der Waals surface area (Å²) in [5.74, 6) is 0.120. The fourth-order valence-corrected chi connectivity index (χ4v) is 5.11. The lowest BCUT2D eigenvalue weighted by molar-refractivity contribution is -0.141. The van der Waals surface area contributed by atoms with Crippen molar-refractivity contribution in [2.75, 3.05) is 30.8 Å². The number of halogens is 3. The number of nitrogens with zero attached hydrogens (tertiary/aromatic N) is 2. The number of amides is 2. The standard InChI is InChI=1S/C28H38F3N3O5S/c1-6-25(27(36)32-18-20(2)3)33(19-21-10-7-13-24(16-21)39-4)26(35)14-9-15-34(40(5,37)38)23-12-8-11-22(17-23)28(29,30)31/h7-8,10-13,16-17,20,25H,6,9,14-15,18-19H2,1-5H3,(H,32,36). The molecule has 40 heavy (non-hydrogen) atoms. The lowest BCUT2D eigenvalue weighted by atomic mass is 10.1. The Morgan fingerprint density at radius 2 is 1.75 bits per heavy atom. The monoisotopic (exact) mass is 585 g/mol. The molecule has 12 heteroatoms. The van der Waals surface area contributed by atoms with Gasteiger partial charge in [-0.05, 0) is 54.7 Å². The Bertz CT molecular complexity index is 1250. The molecule has 1 N–H and O–H groups in total. The number of anilines is 1. The van der Waals surface area contributed by atoms with Gasteiger partial charge in [-0.2, -0.15) is 13.2 Å². The highest BCUT2D eigenvalue weighted by Gasteiger charge is 2.32. The number of hydrogen-bond acceptors (Lipinski definition) is 5. The topological polar surface area (TPSA) is 96.0 Å². The summed E-state index contributed by atoms with van der Waals surface area (Å²) in [5.41, 5.74) is -0.376. The maximum atomic E-state index is 13.5. The van der Waals surface area contributed by atoms with Gasteiger partial charge in [0.15, 0.2) is 0 Å². The van der Waals surface area contributed by atoms with Gasteiger partial charge in [0.2, 0.25) is 21.8 Å². The highest BCUT2D eigenvalue weighted by molar-refractivity contribution is 7.92. The SMILES string of the molecule is CCC(C(=O)NCC(C)C)N(Cc1cccc(OC)c1)C(=O)CCCN(c1cccc(C(F)(F)F)c1)S(C)(=O)=O. The molecule has 0 saturated carbocycles. The third-order valence-corrected chi connectivity index (χ3v) is 7.37. The first-order valence-corrected chi connectivity index (χ1v) is 14.9. The number of ether oxygens (including phenoxy) is 1. The first-order chi connectivity index (χ1) is 18.7. The summed E-state index contributed by atoms with van der Waals surface area (Å²) in [6.07, 6.45) is -3.49. The summed E-state index contributed by atoms with van der Waals surface area (Å²) in [5, 5.41) is 2.87. The van der Waals surface area contributed by atoms with Crippen molar-refractivity contribution in [3.63, 3.8) is 0 Å². The predicted octanol–water partition coefficient (Wildman–Crippen LogP) is 4.84. The minimum Gasteiger partial charge on any atom is -0.497 e. The zero-order chi connectivity index (χ0) is 30.1. The van der Waals surface area contributed by atoms with Crippen molar-refractivity contribution in [2.24, 2.45) is 5.92 Å². The number of nitrogens with one attached hydrogen (secondary N) is 1. The van der Waals surface area contributed by atoms with Gasteiger partial charge in [0.1, 0.15) is 11.8 Å². The summed E-state index contributed by atoms with van der Waals surface area (Å²) in [4.78, 5) is 28.0. The van der Waals surface area contributed by atoms with Crippen LogP contribution in [0.4, 0.5) is 18.9 Å². The van der Waals surface area contributed by atoms with E-state index in [-0.39, 0.29) is 49.4 Å². The first-order valence-electron chi connectivity index (χ1n) is 13.0. The second-order valence-electron chi connectivity index (χ2n) is 9.92. The number of methoxy groups -OCH3 is 1. The van der Waals surface area contributed by atoms with Crippen molar-refractivity contribution >= 4 is 27.5 Å². The van der Waals surface area contributed by atoms with Crippen LogP contribution in [0.2, 0.25) is 0 Å². The normalized spacial score (nSPS) is 12.6. The lowest BCUT2D eigenvalue weighted by Gasteiger charge is -2.31. The Balaban J connectivity index is 2.27. The third-order valence-electron chi connectivity index (χ3n) is 6.17. The van der Waals surface area contributed by atoms with Gasteiger partial charge in [-0.15, -0.1) is 0 Å². The fourth-order valence-electron chi connectivity index (χ4n) is 4.15. The Morgan fingerprint density at radius 1 is 1.07 bits per heavy atom. The molecule has 0 bridgehead atoms. The van der Waals surface area contributed by atoms with Gasteiger partial charge in [0.25, 0.3) is 0 Å². The van der Waals surface area contributed by atoms with E-state index in [0.29, 0.717) is 18.7 Å². The minimum absolute atomic E-state index is 0.0286. The van der Waals surface area contributed by atoms with Gasteiger partial charge in [-0.3, -0.25) is 13.9 Å². The fraction of sp³-hybridized carbons (Fsp3) is 0.500. The number of carbonyl (C=O) groups excluding carboxylic acids is 2. The van der Waals surface area contributed by atoms with Crippen molar-refractivity contribution in [1.82, 2.24) is 10.2 Å². The van der Waals surface area contributed by atoms with E-state index in [0.717, 1.165) is 34.3 Å². The Hall–Kier alpha value is -3.28. The van der Waals surface area contributed by atoms with E-state index in [9.17, 15) is 31.2 Å². The molecule has 2 aromatic carbocycles. The quantitative estimate of drug-likeness (QED) is 0.342. The molecule has 0 heterocycles. The largest absolute Gasteiger partial charge is 0.497 e. The zero-order valence-electron chi connectivity index (χ0n) is 23.5. The Labute approximate surface area is 234 Å². The molecular formula is C28H38F3N3O5S. The molecule has 0 aliphatic carbocycles. The van der Waals surface area contributed by atoms with Crippen molar-refractivity contribution in [3.05, 3.63) is 59.7 Å². The van der Waals surface area contributed by atoms with E-state index >= 15 is 0 Å². The van der Waals surface area contributed by atoms with E-state index in [2.05, 4.69) is 5.32 Å². The van der Waals surface area contributed by atoms with Crippen LogP contribution in [-0.2, 0) is 32.3 Å². The smallest absolute Gasteiger partial charge is 0.416 e. The average Bonchev–Trinajstić information content (AvgIpc) is 2.88. The summed E-state index contributed by atoms with van der Waals surface area (Å²) >= 11 is 0. The second-order valence-corrected chi connectivity index (χ2v) is 11.8. The predicted molar refractivity (Wildman–Crippen MR) is 148 cm³/mol. The molecule has 2 rings (SSSR count). The summed E-state index contributed by atoms with van der Waals surface area (Å²) in [7, 11) is -2.42. The van der Waals surface area contributed by atoms with Crippen LogP contribution in [0.3, 0.4) is 0 Å². The average molecular weight is 586 g/mol. The van der Waals surface area contributed by atoms with Crippen LogP contribution in [0.1, 0.15) is 51.2 Å². The van der Waals surface area contributed by atoms with Crippen molar-refractivity contribution < 1.29 is 35.9 Å². The molecule has 1 unspecified atom stereocenters. The summed E-state index contributed by atoms with van der Waals surface area (Å²) < 4.78 is 70.7. The number of hydrogen-bond donors (Lipinski definition) is 1. The highest BCUT2D eigenvalue weighted by Crippen LogP contribution is 2.32. The van der Waals surface area contributed by atoms with Gasteiger partial charge in [-0.1, -0.05) is 39.0 Å². The maximum absolute atomic E-state index is 13.5. The van der Waals surface area contributed by atoms with E-state index < -0.39 is 27.8 Å². The van der Waals surface area contributed by atoms with Crippen molar-refractivity contribution in [2.45, 2.75) is 58.8 Å². The number of sulfonamides is 1. The van der Waals surface area contributed by atoms with Gasteiger partial charge in [-0.25, -0.2) is 8.42 Å². The van der Waals surface area contributed by atoms with Gasteiger partial charge in [0, 0.05) is 26.1 Å². The molecule has 0 radical (unpaired) electrons. The van der Waals surface area contributed by atoms with Crippen molar-refractivity contribution in [3.8, 4) is 5.75 Å². The lowest BCUT2D eigenvalue weighted by Crippen LogP contribution is -2.49. The van der Waals surface area contributed by atoms with Crippen LogP contribution in [-0.4, -0.2) is 57.6 Å². The molecule has 0 aliphatic heterocycles. The molecule has 2 amide bonds. The second kappa shape index (κ2) is 14.4. The molecule has 0 aliphatic rings. The van der Waals surface area contributed by atoms with Crippen LogP contribution in [0, 0.1) is 5.92 Å². The Kier molecular flexibility index (Phi) is 11.8. The van der Waals surface area contributed by atoms with Crippen molar-refractivity contribution in [1.29, 1.82) is 0 Å². The number of carbonyl (C=O) groups is 2. The number of alkyl halides is 3. The Morgan fingerprint density at radius 3 is 2.33 bits per heavy atom. The first kappa shape index (κ1) is 32.9. The van der Waals surface area contributed by atoms with Crippen LogP contribution >= 0.6 is 0 Å². The van der Waals surface area contributed by atoms with Crippen LogP contribution < -0.4 is 14.4 Å². The van der Waals surface area contributed by atoms with Gasteiger partial charge >= 0.3 is 6.18 Å². The summed E-state index contributed by atoms with van der Waals surface area (Å²) in [6.45, 7) is 6.06. The molecule has 0 aromatic heterocycles. The van der Waals surface area contributed by atoms with E-state index in [1.54, 1.807) is 31.2 Å². The third kappa shape index (κ3) is 9.72. The molecule has 0 fully saturated rings. The van der Waals surface area contributed by atoms with E-state index in [1.807, 2.05) is 13.8 Å². The maximum Gasteiger partial charge on any atom is 0.416 e. The number of rotatable bonds is 14. The summed E-state index contributed by atoms with van der Waals surface area (Å²) in [6, 6.07) is 10.4. The molecule has 8 nitrogen and oxygen atoms in total. The molecule has 0 spiro atoms.